The minimum atomic E-state index is 0.163. The van der Waals surface area contributed by atoms with Gasteiger partial charge in [-0.15, -0.1) is 0 Å². The summed E-state index contributed by atoms with van der Waals surface area (Å²) in [4.78, 5) is 6.62. The number of morpholine rings is 1. The fourth-order valence-corrected chi connectivity index (χ4v) is 2.08. The molecule has 16 heavy (non-hydrogen) atoms. The molecule has 0 saturated carbocycles. The number of pyridine rings is 1. The van der Waals surface area contributed by atoms with E-state index >= 15 is 0 Å². The molecule has 1 aliphatic rings. The number of ether oxygens (including phenoxy) is 1. The largest absolute Gasteiger partial charge is 0.378 e. The van der Waals surface area contributed by atoms with Gasteiger partial charge >= 0.3 is 0 Å². The number of hydrogen-bond acceptors (Lipinski definition) is 3. The van der Waals surface area contributed by atoms with Gasteiger partial charge in [0.05, 0.1) is 25.1 Å². The summed E-state index contributed by atoms with van der Waals surface area (Å²) in [6, 6.07) is 2.13. The summed E-state index contributed by atoms with van der Waals surface area (Å²) in [7, 11) is 0. The van der Waals surface area contributed by atoms with Gasteiger partial charge in [-0.1, -0.05) is 20.8 Å². The Hall–Kier alpha value is -1.09. The van der Waals surface area contributed by atoms with Gasteiger partial charge in [-0.05, 0) is 17.0 Å². The molecule has 88 valence electrons. The van der Waals surface area contributed by atoms with E-state index in [9.17, 15) is 0 Å². The standard InChI is InChI=1S/C13H20N2O/c1-13(2,3)11-4-5-14-10-12(11)15-6-8-16-9-7-15/h4-5,10H,6-9H2,1-3H3. The highest BCUT2D eigenvalue weighted by Gasteiger charge is 2.22. The van der Waals surface area contributed by atoms with Crippen molar-refractivity contribution < 1.29 is 4.74 Å². The molecule has 2 heterocycles. The summed E-state index contributed by atoms with van der Waals surface area (Å²) in [6.45, 7) is 10.3. The number of aromatic nitrogens is 1. The molecule has 0 unspecified atom stereocenters. The van der Waals surface area contributed by atoms with Crippen LogP contribution < -0.4 is 4.90 Å². The van der Waals surface area contributed by atoms with Crippen LogP contribution in [0.25, 0.3) is 0 Å². The van der Waals surface area contributed by atoms with Crippen LogP contribution in [0.5, 0.6) is 0 Å². The Labute approximate surface area is 97.4 Å². The number of nitrogens with zero attached hydrogens (tertiary/aromatic N) is 2. The van der Waals surface area contributed by atoms with Crippen LogP contribution in [0.15, 0.2) is 18.5 Å². The normalized spacial score (nSPS) is 17.6. The molecule has 0 aliphatic carbocycles. The van der Waals surface area contributed by atoms with Crippen molar-refractivity contribution in [2.24, 2.45) is 0 Å². The van der Waals surface area contributed by atoms with E-state index in [1.807, 2.05) is 12.4 Å². The zero-order chi connectivity index (χ0) is 11.6. The first-order valence-corrected chi connectivity index (χ1v) is 5.86. The third-order valence-corrected chi connectivity index (χ3v) is 2.96. The lowest BCUT2D eigenvalue weighted by Crippen LogP contribution is -2.37. The van der Waals surface area contributed by atoms with Crippen LogP contribution in [0.1, 0.15) is 26.3 Å². The summed E-state index contributed by atoms with van der Waals surface area (Å²) in [6.07, 6.45) is 3.86. The quantitative estimate of drug-likeness (QED) is 0.725. The van der Waals surface area contributed by atoms with Crippen LogP contribution in [0, 0.1) is 0 Å². The smallest absolute Gasteiger partial charge is 0.0642 e. The fraction of sp³-hybridized carbons (Fsp3) is 0.615. The van der Waals surface area contributed by atoms with Gasteiger partial charge in [0.25, 0.3) is 0 Å². The van der Waals surface area contributed by atoms with Gasteiger partial charge in [0, 0.05) is 19.3 Å². The molecular formula is C13H20N2O. The number of anilines is 1. The second kappa shape index (κ2) is 4.42. The lowest BCUT2D eigenvalue weighted by atomic mass is 9.86. The molecule has 0 spiro atoms. The van der Waals surface area contributed by atoms with Crippen molar-refractivity contribution in [1.29, 1.82) is 0 Å². The van der Waals surface area contributed by atoms with E-state index in [1.54, 1.807) is 0 Å². The maximum Gasteiger partial charge on any atom is 0.0642 e. The summed E-state index contributed by atoms with van der Waals surface area (Å²) in [5.74, 6) is 0. The van der Waals surface area contributed by atoms with Crippen LogP contribution in [0.3, 0.4) is 0 Å². The first kappa shape index (κ1) is 11.4. The number of hydrogen-bond donors (Lipinski definition) is 0. The molecule has 0 bridgehead atoms. The van der Waals surface area contributed by atoms with E-state index in [1.165, 1.54) is 11.3 Å². The van der Waals surface area contributed by atoms with Crippen LogP contribution in [0.4, 0.5) is 5.69 Å². The second-order valence-corrected chi connectivity index (χ2v) is 5.24. The van der Waals surface area contributed by atoms with Gasteiger partial charge in [0.15, 0.2) is 0 Å². The Morgan fingerprint density at radius 2 is 1.94 bits per heavy atom. The van der Waals surface area contributed by atoms with E-state index in [-0.39, 0.29) is 5.41 Å². The molecule has 1 fully saturated rings. The van der Waals surface area contributed by atoms with Crippen molar-refractivity contribution in [3.05, 3.63) is 24.0 Å². The first-order valence-electron chi connectivity index (χ1n) is 5.86. The van der Waals surface area contributed by atoms with E-state index in [4.69, 9.17) is 4.74 Å². The molecule has 3 heteroatoms. The van der Waals surface area contributed by atoms with Gasteiger partial charge < -0.3 is 9.64 Å². The van der Waals surface area contributed by atoms with E-state index in [0.717, 1.165) is 26.3 Å². The van der Waals surface area contributed by atoms with Crippen LogP contribution >= 0.6 is 0 Å². The second-order valence-electron chi connectivity index (χ2n) is 5.24. The molecule has 0 amide bonds. The highest BCUT2D eigenvalue weighted by atomic mass is 16.5. The fourth-order valence-electron chi connectivity index (χ4n) is 2.08. The van der Waals surface area contributed by atoms with E-state index < -0.39 is 0 Å². The zero-order valence-electron chi connectivity index (χ0n) is 10.4. The van der Waals surface area contributed by atoms with Gasteiger partial charge in [-0.2, -0.15) is 0 Å². The Kier molecular flexibility index (Phi) is 3.15. The topological polar surface area (TPSA) is 25.4 Å². The van der Waals surface area contributed by atoms with Gasteiger partial charge in [-0.25, -0.2) is 0 Å². The highest BCUT2D eigenvalue weighted by molar-refractivity contribution is 5.54. The number of rotatable bonds is 1. The predicted octanol–water partition coefficient (Wildman–Crippen LogP) is 2.22. The molecule has 0 radical (unpaired) electrons. The lowest BCUT2D eigenvalue weighted by Gasteiger charge is -2.33. The highest BCUT2D eigenvalue weighted by Crippen LogP contribution is 2.31. The van der Waals surface area contributed by atoms with Crippen molar-refractivity contribution in [2.75, 3.05) is 31.2 Å². The van der Waals surface area contributed by atoms with E-state index in [0.29, 0.717) is 0 Å². The first-order chi connectivity index (χ1) is 7.59. The van der Waals surface area contributed by atoms with Gasteiger partial charge in [0.1, 0.15) is 0 Å². The SMILES string of the molecule is CC(C)(C)c1ccncc1N1CCOCC1. The van der Waals surface area contributed by atoms with Crippen molar-refractivity contribution in [3.63, 3.8) is 0 Å². The van der Waals surface area contributed by atoms with Crippen LogP contribution in [0.2, 0.25) is 0 Å². The molecule has 3 nitrogen and oxygen atoms in total. The Morgan fingerprint density at radius 3 is 2.56 bits per heavy atom. The maximum absolute atomic E-state index is 5.38. The average molecular weight is 220 g/mol. The Morgan fingerprint density at radius 1 is 1.25 bits per heavy atom. The van der Waals surface area contributed by atoms with Crippen molar-refractivity contribution >= 4 is 5.69 Å². The average Bonchev–Trinajstić information content (AvgIpc) is 2.29. The monoisotopic (exact) mass is 220 g/mol. The zero-order valence-corrected chi connectivity index (χ0v) is 10.4. The minimum Gasteiger partial charge on any atom is -0.378 e. The molecule has 0 N–H and O–H groups in total. The molecule has 1 aromatic heterocycles. The third-order valence-electron chi connectivity index (χ3n) is 2.96. The lowest BCUT2D eigenvalue weighted by molar-refractivity contribution is 0.122. The summed E-state index contributed by atoms with van der Waals surface area (Å²) >= 11 is 0. The molecule has 0 atom stereocenters. The maximum atomic E-state index is 5.38. The summed E-state index contributed by atoms with van der Waals surface area (Å²) in [5, 5.41) is 0. The van der Waals surface area contributed by atoms with Gasteiger partial charge in [0.2, 0.25) is 0 Å². The van der Waals surface area contributed by atoms with Crippen LogP contribution in [-0.2, 0) is 10.2 Å². The third kappa shape index (κ3) is 2.35. The Bertz CT molecular complexity index is 351. The summed E-state index contributed by atoms with van der Waals surface area (Å²) < 4.78 is 5.38. The van der Waals surface area contributed by atoms with Gasteiger partial charge in [-0.3, -0.25) is 4.98 Å². The molecule has 2 rings (SSSR count). The van der Waals surface area contributed by atoms with Crippen molar-refractivity contribution in [1.82, 2.24) is 4.98 Å². The molecule has 0 aromatic carbocycles. The van der Waals surface area contributed by atoms with Crippen molar-refractivity contribution in [2.45, 2.75) is 26.2 Å². The van der Waals surface area contributed by atoms with Crippen LogP contribution in [-0.4, -0.2) is 31.3 Å². The molecule has 1 aliphatic heterocycles. The Balaban J connectivity index is 2.32. The molecule has 1 saturated heterocycles. The predicted molar refractivity (Wildman–Crippen MR) is 66.0 cm³/mol. The molecule has 1 aromatic rings. The van der Waals surface area contributed by atoms with Crippen molar-refractivity contribution in [3.8, 4) is 0 Å². The van der Waals surface area contributed by atoms with E-state index in [2.05, 4.69) is 36.7 Å². The molecular weight excluding hydrogens is 200 g/mol. The summed E-state index contributed by atoms with van der Waals surface area (Å²) in [5.41, 5.74) is 2.79. The minimum absolute atomic E-state index is 0.163.